The Kier molecular flexibility index (Phi) is 7.59. The van der Waals surface area contributed by atoms with Crippen LogP contribution in [0.1, 0.15) is 59.7 Å². The minimum absolute atomic E-state index is 0.123. The fourth-order valence-electron chi connectivity index (χ4n) is 4.94. The maximum absolute atomic E-state index is 14.5. The number of fused-ring (bicyclic) bond motifs is 1. The van der Waals surface area contributed by atoms with E-state index in [2.05, 4.69) is 26.1 Å². The highest BCUT2D eigenvalue weighted by molar-refractivity contribution is 8.00. The molecule has 0 fully saturated rings. The summed E-state index contributed by atoms with van der Waals surface area (Å²) in [5.41, 5.74) is 4.87. The molecule has 9 heteroatoms. The van der Waals surface area contributed by atoms with Crippen molar-refractivity contribution in [2.75, 3.05) is 17.2 Å². The van der Waals surface area contributed by atoms with Crippen molar-refractivity contribution >= 4 is 29.4 Å². The Hall–Kier alpha value is -3.85. The Morgan fingerprint density at radius 2 is 1.93 bits per heavy atom. The quantitative estimate of drug-likeness (QED) is 0.313. The molecule has 2 amide bonds. The predicted octanol–water partition coefficient (Wildman–Crippen LogP) is 6.00. The second-order valence-electron chi connectivity index (χ2n) is 11.0. The SMILES string of the molecule is Cc1cccc(-n2nc(C(C)(C)C)c3c2N(CC(=O)NCc2ccco2)C(=O)CS[C@@H]3c2cccc(F)c2)c1C. The molecule has 40 heavy (non-hydrogen) atoms. The van der Waals surface area contributed by atoms with Crippen LogP contribution in [0, 0.1) is 19.7 Å². The molecule has 7 nitrogen and oxygen atoms in total. The summed E-state index contributed by atoms with van der Waals surface area (Å²) < 4.78 is 21.6. The highest BCUT2D eigenvalue weighted by Crippen LogP contribution is 2.48. The number of anilines is 1. The number of aryl methyl sites for hydroxylation is 1. The Labute approximate surface area is 237 Å². The highest BCUT2D eigenvalue weighted by atomic mass is 32.2. The molecule has 0 unspecified atom stereocenters. The van der Waals surface area contributed by atoms with E-state index in [1.165, 1.54) is 28.8 Å². The Morgan fingerprint density at radius 1 is 1.15 bits per heavy atom. The summed E-state index contributed by atoms with van der Waals surface area (Å²) in [4.78, 5) is 28.5. The number of hydrogen-bond donors (Lipinski definition) is 1. The molecule has 2 aromatic heterocycles. The first-order valence-corrected chi connectivity index (χ1v) is 14.3. The monoisotopic (exact) mass is 560 g/mol. The van der Waals surface area contributed by atoms with Crippen LogP contribution < -0.4 is 10.2 Å². The van der Waals surface area contributed by atoms with E-state index in [0.29, 0.717) is 11.6 Å². The Bertz CT molecular complexity index is 1560. The van der Waals surface area contributed by atoms with Gasteiger partial charge in [-0.25, -0.2) is 9.07 Å². The van der Waals surface area contributed by atoms with E-state index in [1.807, 2.05) is 38.1 Å². The lowest BCUT2D eigenvalue weighted by atomic mass is 9.87. The summed E-state index contributed by atoms with van der Waals surface area (Å²) in [5.74, 6) is 0.395. The van der Waals surface area contributed by atoms with Gasteiger partial charge in [-0.1, -0.05) is 45.0 Å². The van der Waals surface area contributed by atoms with Gasteiger partial charge < -0.3 is 9.73 Å². The third kappa shape index (κ3) is 5.43. The molecule has 4 aromatic rings. The lowest BCUT2D eigenvalue weighted by Gasteiger charge is -2.25. The number of hydrogen-bond acceptors (Lipinski definition) is 5. The van der Waals surface area contributed by atoms with Crippen molar-refractivity contribution < 1.29 is 18.4 Å². The predicted molar refractivity (Wildman–Crippen MR) is 155 cm³/mol. The van der Waals surface area contributed by atoms with Gasteiger partial charge in [-0.05, 0) is 60.9 Å². The molecule has 1 aliphatic rings. The standard InChI is InChI=1S/C31H33FN4O3S/c1-19-9-6-13-24(20(19)2)36-30-27(29(34-36)31(3,4)5)28(21-10-7-11-22(32)15-21)40-18-26(38)35(30)17-25(37)33-16-23-12-8-14-39-23/h6-15,28H,16-18H2,1-5H3,(H,33,37)/t28-/m1/s1. The number of aromatic nitrogens is 2. The summed E-state index contributed by atoms with van der Waals surface area (Å²) in [6.45, 7) is 10.3. The average molecular weight is 561 g/mol. The molecule has 0 spiro atoms. The van der Waals surface area contributed by atoms with Gasteiger partial charge in [0, 0.05) is 11.0 Å². The van der Waals surface area contributed by atoms with Crippen LogP contribution in [0.4, 0.5) is 10.2 Å². The zero-order valence-electron chi connectivity index (χ0n) is 23.3. The number of thioether (sulfide) groups is 1. The molecular formula is C31H33FN4O3S. The molecule has 0 bridgehead atoms. The van der Waals surface area contributed by atoms with Gasteiger partial charge in [0.2, 0.25) is 11.8 Å². The van der Waals surface area contributed by atoms with Crippen molar-refractivity contribution in [3.63, 3.8) is 0 Å². The first-order chi connectivity index (χ1) is 19.0. The van der Waals surface area contributed by atoms with Gasteiger partial charge in [0.15, 0.2) is 0 Å². The molecule has 0 radical (unpaired) electrons. The first-order valence-electron chi connectivity index (χ1n) is 13.2. The molecule has 1 atom stereocenters. The van der Waals surface area contributed by atoms with E-state index in [-0.39, 0.29) is 41.7 Å². The molecule has 0 aliphatic carbocycles. The minimum Gasteiger partial charge on any atom is -0.467 e. The number of halogens is 1. The van der Waals surface area contributed by atoms with Crippen LogP contribution in [0.5, 0.6) is 0 Å². The van der Waals surface area contributed by atoms with Crippen LogP contribution in [0.25, 0.3) is 5.69 Å². The molecule has 208 valence electrons. The number of furan rings is 1. The lowest BCUT2D eigenvalue weighted by molar-refractivity contribution is -0.123. The fraction of sp³-hybridized carbons (Fsp3) is 0.323. The van der Waals surface area contributed by atoms with Crippen LogP contribution in [-0.4, -0.2) is 33.9 Å². The van der Waals surface area contributed by atoms with Gasteiger partial charge in [-0.2, -0.15) is 5.10 Å². The first kappa shape index (κ1) is 27.7. The van der Waals surface area contributed by atoms with Crippen LogP contribution in [0.3, 0.4) is 0 Å². The van der Waals surface area contributed by atoms with Gasteiger partial charge in [-0.3, -0.25) is 14.5 Å². The third-order valence-corrected chi connectivity index (χ3v) is 8.35. The number of amides is 2. The summed E-state index contributed by atoms with van der Waals surface area (Å²) in [6, 6.07) is 16.0. The number of carbonyl (C=O) groups excluding carboxylic acids is 2. The Balaban J connectivity index is 1.71. The van der Waals surface area contributed by atoms with Gasteiger partial charge >= 0.3 is 0 Å². The lowest BCUT2D eigenvalue weighted by Crippen LogP contribution is -2.42. The van der Waals surface area contributed by atoms with Crippen LogP contribution >= 0.6 is 11.8 Å². The Morgan fingerprint density at radius 3 is 2.62 bits per heavy atom. The number of nitrogens with zero attached hydrogens (tertiary/aromatic N) is 3. The maximum atomic E-state index is 14.5. The van der Waals surface area contributed by atoms with Crippen molar-refractivity contribution in [3.8, 4) is 5.69 Å². The van der Waals surface area contributed by atoms with Gasteiger partial charge in [0.1, 0.15) is 23.9 Å². The van der Waals surface area contributed by atoms with Crippen molar-refractivity contribution in [1.82, 2.24) is 15.1 Å². The summed E-state index contributed by atoms with van der Waals surface area (Å²) in [5, 5.41) is 7.62. The summed E-state index contributed by atoms with van der Waals surface area (Å²) in [7, 11) is 0. The van der Waals surface area contributed by atoms with Gasteiger partial charge in [-0.15, -0.1) is 11.8 Å². The number of carbonyl (C=O) groups is 2. The zero-order valence-corrected chi connectivity index (χ0v) is 24.1. The fourth-order valence-corrected chi connectivity index (χ4v) is 6.13. The molecule has 0 saturated heterocycles. The molecule has 3 heterocycles. The second kappa shape index (κ2) is 11.0. The highest BCUT2D eigenvalue weighted by Gasteiger charge is 2.40. The molecule has 5 rings (SSSR count). The van der Waals surface area contributed by atoms with Crippen LogP contribution in [0.2, 0.25) is 0 Å². The maximum Gasteiger partial charge on any atom is 0.240 e. The van der Waals surface area contributed by atoms with E-state index >= 15 is 0 Å². The van der Waals surface area contributed by atoms with E-state index in [9.17, 15) is 14.0 Å². The van der Waals surface area contributed by atoms with E-state index in [0.717, 1.165) is 33.6 Å². The van der Waals surface area contributed by atoms with E-state index < -0.39 is 5.41 Å². The van der Waals surface area contributed by atoms with Crippen molar-refractivity contribution in [2.45, 2.75) is 51.8 Å². The minimum atomic E-state index is -0.403. The van der Waals surface area contributed by atoms with Crippen molar-refractivity contribution in [3.05, 3.63) is 100 Å². The topological polar surface area (TPSA) is 80.4 Å². The average Bonchev–Trinajstić information content (AvgIpc) is 3.53. The molecular weight excluding hydrogens is 527 g/mol. The summed E-state index contributed by atoms with van der Waals surface area (Å²) >= 11 is 1.43. The zero-order chi connectivity index (χ0) is 28.6. The van der Waals surface area contributed by atoms with Crippen molar-refractivity contribution in [1.29, 1.82) is 0 Å². The summed E-state index contributed by atoms with van der Waals surface area (Å²) in [6.07, 6.45) is 1.55. The van der Waals surface area contributed by atoms with Gasteiger partial charge in [0.25, 0.3) is 0 Å². The second-order valence-corrected chi connectivity index (χ2v) is 12.1. The molecule has 1 N–H and O–H groups in total. The largest absolute Gasteiger partial charge is 0.467 e. The normalized spacial score (nSPS) is 15.6. The number of rotatable bonds is 6. The van der Waals surface area contributed by atoms with Gasteiger partial charge in [0.05, 0.1) is 35.2 Å². The molecule has 1 aliphatic heterocycles. The number of nitrogens with one attached hydrogen (secondary N) is 1. The van der Waals surface area contributed by atoms with E-state index in [4.69, 9.17) is 9.52 Å². The number of benzene rings is 2. The van der Waals surface area contributed by atoms with Crippen LogP contribution in [-0.2, 0) is 21.5 Å². The molecule has 2 aromatic carbocycles. The van der Waals surface area contributed by atoms with E-state index in [1.54, 1.807) is 29.1 Å². The van der Waals surface area contributed by atoms with Crippen LogP contribution in [0.15, 0.2) is 65.3 Å². The van der Waals surface area contributed by atoms with Crippen molar-refractivity contribution in [2.24, 2.45) is 0 Å². The third-order valence-electron chi connectivity index (χ3n) is 7.10. The smallest absolute Gasteiger partial charge is 0.240 e. The molecule has 0 saturated carbocycles.